The van der Waals surface area contributed by atoms with Gasteiger partial charge in [0, 0.05) is 6.04 Å². The molecule has 1 aromatic carbocycles. The number of hydrogen-bond donors (Lipinski definition) is 1. The molecule has 2 nitrogen and oxygen atoms in total. The van der Waals surface area contributed by atoms with E-state index in [-0.39, 0.29) is 0 Å². The van der Waals surface area contributed by atoms with Gasteiger partial charge >= 0.3 is 0 Å². The summed E-state index contributed by atoms with van der Waals surface area (Å²) in [7, 11) is 0. The lowest BCUT2D eigenvalue weighted by Gasteiger charge is -2.35. The Morgan fingerprint density at radius 3 is 2.72 bits per heavy atom. The van der Waals surface area contributed by atoms with Crippen LogP contribution in [0.2, 0.25) is 0 Å². The van der Waals surface area contributed by atoms with Crippen molar-refractivity contribution in [3.63, 3.8) is 0 Å². The Morgan fingerprint density at radius 2 is 2.00 bits per heavy atom. The van der Waals surface area contributed by atoms with Gasteiger partial charge in [-0.25, -0.2) is 0 Å². The second-order valence-electron chi connectivity index (χ2n) is 5.42. The van der Waals surface area contributed by atoms with Crippen LogP contribution in [0.4, 0.5) is 0 Å². The minimum atomic E-state index is 0.369. The summed E-state index contributed by atoms with van der Waals surface area (Å²) >= 11 is 0. The molecular weight excluding hydrogens is 222 g/mol. The topological polar surface area (TPSA) is 21.3 Å². The van der Waals surface area contributed by atoms with Gasteiger partial charge in [-0.3, -0.25) is 0 Å². The fourth-order valence-electron chi connectivity index (χ4n) is 2.79. The van der Waals surface area contributed by atoms with Gasteiger partial charge < -0.3 is 10.1 Å². The summed E-state index contributed by atoms with van der Waals surface area (Å²) in [6, 6.07) is 11.0. The highest BCUT2D eigenvalue weighted by molar-refractivity contribution is 5.13. The lowest BCUT2D eigenvalue weighted by Crippen LogP contribution is -2.45. The van der Waals surface area contributed by atoms with Gasteiger partial charge in [-0.15, -0.1) is 0 Å². The van der Waals surface area contributed by atoms with Crippen molar-refractivity contribution < 1.29 is 4.74 Å². The third-order valence-electron chi connectivity index (χ3n) is 3.83. The predicted octanol–water partition coefficient (Wildman–Crippen LogP) is 3.37. The molecule has 2 heteroatoms. The Morgan fingerprint density at radius 1 is 1.22 bits per heavy atom. The molecule has 0 aromatic heterocycles. The summed E-state index contributed by atoms with van der Waals surface area (Å²) in [5.74, 6) is 0.792. The minimum absolute atomic E-state index is 0.369. The van der Waals surface area contributed by atoms with E-state index in [2.05, 4.69) is 43.4 Å². The molecule has 0 bridgehead atoms. The molecular formula is C16H25NO. The van der Waals surface area contributed by atoms with Crippen molar-refractivity contribution in [2.24, 2.45) is 5.92 Å². The van der Waals surface area contributed by atoms with Gasteiger partial charge in [0.25, 0.3) is 0 Å². The van der Waals surface area contributed by atoms with E-state index in [1.165, 1.54) is 24.8 Å². The van der Waals surface area contributed by atoms with Gasteiger partial charge in [0.15, 0.2) is 0 Å². The van der Waals surface area contributed by atoms with Crippen molar-refractivity contribution in [1.29, 1.82) is 0 Å². The Balaban J connectivity index is 1.88. The van der Waals surface area contributed by atoms with Crippen molar-refractivity contribution in [3.05, 3.63) is 35.9 Å². The average Bonchev–Trinajstić information content (AvgIpc) is 2.40. The second-order valence-corrected chi connectivity index (χ2v) is 5.42. The van der Waals surface area contributed by atoms with Crippen molar-refractivity contribution in [2.45, 2.75) is 51.9 Å². The lowest BCUT2D eigenvalue weighted by molar-refractivity contribution is -0.0171. The minimum Gasteiger partial charge on any atom is -0.372 e. The van der Waals surface area contributed by atoms with Gasteiger partial charge in [-0.05, 0) is 37.3 Å². The molecule has 2 rings (SSSR count). The van der Waals surface area contributed by atoms with Crippen LogP contribution in [0.25, 0.3) is 0 Å². The number of rotatable bonds is 5. The smallest absolute Gasteiger partial charge is 0.0735 e. The molecule has 1 fully saturated rings. The zero-order valence-corrected chi connectivity index (χ0v) is 11.6. The summed E-state index contributed by atoms with van der Waals surface area (Å²) in [4.78, 5) is 0. The van der Waals surface area contributed by atoms with Gasteiger partial charge in [0.2, 0.25) is 0 Å². The number of likely N-dealkylation sites (N-methyl/N-ethyl adjacent to an activating group) is 1. The lowest BCUT2D eigenvalue weighted by atomic mass is 9.85. The maximum absolute atomic E-state index is 6.14. The van der Waals surface area contributed by atoms with Crippen LogP contribution >= 0.6 is 0 Å². The molecule has 3 unspecified atom stereocenters. The van der Waals surface area contributed by atoms with Crippen molar-refractivity contribution in [3.8, 4) is 0 Å². The molecule has 0 aliphatic heterocycles. The number of hydrogen-bond acceptors (Lipinski definition) is 2. The molecule has 0 heterocycles. The third kappa shape index (κ3) is 3.82. The summed E-state index contributed by atoms with van der Waals surface area (Å²) < 4.78 is 6.14. The maximum atomic E-state index is 6.14. The molecule has 1 aliphatic carbocycles. The zero-order valence-electron chi connectivity index (χ0n) is 11.6. The van der Waals surface area contributed by atoms with Gasteiger partial charge in [0.05, 0.1) is 12.7 Å². The van der Waals surface area contributed by atoms with Gasteiger partial charge in [0.1, 0.15) is 0 Å². The normalized spacial score (nSPS) is 28.2. The fourth-order valence-corrected chi connectivity index (χ4v) is 2.79. The fraction of sp³-hybridized carbons (Fsp3) is 0.625. The predicted molar refractivity (Wildman–Crippen MR) is 75.5 cm³/mol. The van der Waals surface area contributed by atoms with Crippen LogP contribution in [0, 0.1) is 5.92 Å². The Kier molecular flexibility index (Phi) is 5.21. The van der Waals surface area contributed by atoms with Crippen LogP contribution in [0.1, 0.15) is 38.7 Å². The molecule has 0 spiro atoms. The van der Waals surface area contributed by atoms with Crippen LogP contribution in [-0.4, -0.2) is 18.7 Å². The highest BCUT2D eigenvalue weighted by Gasteiger charge is 2.28. The molecule has 0 amide bonds. The first-order valence-corrected chi connectivity index (χ1v) is 7.18. The van der Waals surface area contributed by atoms with Crippen LogP contribution in [0.15, 0.2) is 30.3 Å². The first-order valence-electron chi connectivity index (χ1n) is 7.18. The van der Waals surface area contributed by atoms with E-state index in [1.54, 1.807) is 0 Å². The molecule has 18 heavy (non-hydrogen) atoms. The van der Waals surface area contributed by atoms with Crippen LogP contribution in [0.5, 0.6) is 0 Å². The third-order valence-corrected chi connectivity index (χ3v) is 3.83. The SMILES string of the molecule is CCNC1CCC(C)CC1OCc1ccccc1. The molecule has 100 valence electrons. The first kappa shape index (κ1) is 13.6. The summed E-state index contributed by atoms with van der Waals surface area (Å²) in [5, 5.41) is 3.57. The van der Waals surface area contributed by atoms with E-state index in [1.807, 2.05) is 6.07 Å². The highest BCUT2D eigenvalue weighted by Crippen LogP contribution is 2.27. The van der Waals surface area contributed by atoms with Crippen molar-refractivity contribution in [1.82, 2.24) is 5.32 Å². The molecule has 0 radical (unpaired) electrons. The quantitative estimate of drug-likeness (QED) is 0.861. The molecule has 3 atom stereocenters. The average molecular weight is 247 g/mol. The molecule has 1 N–H and O–H groups in total. The van der Waals surface area contributed by atoms with E-state index in [4.69, 9.17) is 4.74 Å². The van der Waals surface area contributed by atoms with E-state index in [0.717, 1.165) is 19.1 Å². The van der Waals surface area contributed by atoms with E-state index < -0.39 is 0 Å². The van der Waals surface area contributed by atoms with E-state index in [9.17, 15) is 0 Å². The number of ether oxygens (including phenoxy) is 1. The van der Waals surface area contributed by atoms with Crippen molar-refractivity contribution >= 4 is 0 Å². The monoisotopic (exact) mass is 247 g/mol. The molecule has 0 saturated heterocycles. The summed E-state index contributed by atoms with van der Waals surface area (Å²) in [5.41, 5.74) is 1.27. The van der Waals surface area contributed by atoms with E-state index >= 15 is 0 Å². The second kappa shape index (κ2) is 6.91. The number of benzene rings is 1. The Hall–Kier alpha value is -0.860. The van der Waals surface area contributed by atoms with Gasteiger partial charge in [-0.2, -0.15) is 0 Å². The van der Waals surface area contributed by atoms with Gasteiger partial charge in [-0.1, -0.05) is 44.2 Å². The standard InChI is InChI=1S/C16H25NO/c1-3-17-15-10-9-13(2)11-16(15)18-12-14-7-5-4-6-8-14/h4-8,13,15-17H,3,9-12H2,1-2H3. The summed E-state index contributed by atoms with van der Waals surface area (Å²) in [6.45, 7) is 6.28. The van der Waals surface area contributed by atoms with Crippen LogP contribution < -0.4 is 5.32 Å². The van der Waals surface area contributed by atoms with Crippen molar-refractivity contribution in [2.75, 3.05) is 6.54 Å². The molecule has 1 saturated carbocycles. The van der Waals surface area contributed by atoms with E-state index in [0.29, 0.717) is 12.1 Å². The largest absolute Gasteiger partial charge is 0.372 e. The number of nitrogens with one attached hydrogen (secondary N) is 1. The molecule has 1 aliphatic rings. The first-order chi connectivity index (χ1) is 8.79. The summed E-state index contributed by atoms with van der Waals surface area (Å²) in [6.07, 6.45) is 4.12. The van der Waals surface area contributed by atoms with Crippen LogP contribution in [-0.2, 0) is 11.3 Å². The van der Waals surface area contributed by atoms with Crippen LogP contribution in [0.3, 0.4) is 0 Å². The Bertz CT molecular complexity index is 338. The zero-order chi connectivity index (χ0) is 12.8. The highest BCUT2D eigenvalue weighted by atomic mass is 16.5. The molecule has 1 aromatic rings. The maximum Gasteiger partial charge on any atom is 0.0735 e. The Labute approximate surface area is 111 Å².